The third-order valence-corrected chi connectivity index (χ3v) is 5.39. The highest BCUT2D eigenvalue weighted by atomic mass is 16.5. The van der Waals surface area contributed by atoms with Gasteiger partial charge in [-0.25, -0.2) is 4.68 Å². The minimum atomic E-state index is -0.143. The summed E-state index contributed by atoms with van der Waals surface area (Å²) in [6.45, 7) is 2.03. The first-order valence-corrected chi connectivity index (χ1v) is 10.8. The topological polar surface area (TPSA) is 56.1 Å². The van der Waals surface area contributed by atoms with Crippen LogP contribution in [0.4, 0.5) is 0 Å². The number of hydrogen-bond acceptors (Lipinski definition) is 3. The maximum Gasteiger partial charge on any atom is 0.270 e. The van der Waals surface area contributed by atoms with Crippen LogP contribution < -0.4 is 10.1 Å². The van der Waals surface area contributed by atoms with Crippen molar-refractivity contribution in [1.82, 2.24) is 15.1 Å². The SMILES string of the molecule is COc1cccc(-c2cc(C(=O)NC(C)CCc3ccccc3)n(-c3ccccc3)n2)c1. The molecule has 0 bridgehead atoms. The first-order valence-electron chi connectivity index (χ1n) is 10.8. The molecule has 4 aromatic rings. The summed E-state index contributed by atoms with van der Waals surface area (Å²) in [7, 11) is 1.64. The van der Waals surface area contributed by atoms with Gasteiger partial charge in [-0.3, -0.25) is 4.79 Å². The van der Waals surface area contributed by atoms with Gasteiger partial charge in [0.1, 0.15) is 11.4 Å². The lowest BCUT2D eigenvalue weighted by atomic mass is 10.1. The molecule has 0 aliphatic heterocycles. The van der Waals surface area contributed by atoms with E-state index in [-0.39, 0.29) is 11.9 Å². The quantitative estimate of drug-likeness (QED) is 0.417. The second-order valence-electron chi connectivity index (χ2n) is 7.79. The van der Waals surface area contributed by atoms with Crippen molar-refractivity contribution in [2.45, 2.75) is 25.8 Å². The zero-order valence-corrected chi connectivity index (χ0v) is 18.4. The Hall–Kier alpha value is -3.86. The molecule has 1 atom stereocenters. The summed E-state index contributed by atoms with van der Waals surface area (Å²) < 4.78 is 7.05. The number of para-hydroxylation sites is 1. The molecule has 1 unspecified atom stereocenters. The maximum absolute atomic E-state index is 13.2. The van der Waals surface area contributed by atoms with Crippen LogP contribution in [0, 0.1) is 0 Å². The molecule has 1 aromatic heterocycles. The van der Waals surface area contributed by atoms with Crippen LogP contribution in [0.1, 0.15) is 29.4 Å². The van der Waals surface area contributed by atoms with Gasteiger partial charge >= 0.3 is 0 Å². The molecule has 0 spiro atoms. The van der Waals surface area contributed by atoms with Gasteiger partial charge in [-0.15, -0.1) is 0 Å². The fraction of sp³-hybridized carbons (Fsp3) is 0.185. The summed E-state index contributed by atoms with van der Waals surface area (Å²) in [6.07, 6.45) is 1.77. The van der Waals surface area contributed by atoms with Crippen molar-refractivity contribution in [3.05, 3.63) is 102 Å². The highest BCUT2D eigenvalue weighted by Crippen LogP contribution is 2.25. The Balaban J connectivity index is 1.58. The van der Waals surface area contributed by atoms with Crippen molar-refractivity contribution >= 4 is 5.91 Å². The number of ether oxygens (including phenoxy) is 1. The van der Waals surface area contributed by atoms with E-state index in [1.807, 2.05) is 85.8 Å². The standard InChI is InChI=1S/C27H27N3O2/c1-20(16-17-21-10-5-3-6-11-21)28-27(31)26-19-25(22-12-9-15-24(18-22)32-2)29-30(26)23-13-7-4-8-14-23/h3-15,18-20H,16-17H2,1-2H3,(H,28,31). The molecule has 1 heterocycles. The summed E-state index contributed by atoms with van der Waals surface area (Å²) in [5, 5.41) is 7.89. The summed E-state index contributed by atoms with van der Waals surface area (Å²) >= 11 is 0. The molecule has 0 saturated carbocycles. The van der Waals surface area contributed by atoms with E-state index in [9.17, 15) is 4.79 Å². The molecule has 0 aliphatic carbocycles. The molecule has 1 N–H and O–H groups in total. The predicted molar refractivity (Wildman–Crippen MR) is 127 cm³/mol. The predicted octanol–water partition coefficient (Wildman–Crippen LogP) is 5.30. The van der Waals surface area contributed by atoms with Gasteiger partial charge < -0.3 is 10.1 Å². The molecule has 162 valence electrons. The van der Waals surface area contributed by atoms with E-state index in [1.165, 1.54) is 5.56 Å². The number of aryl methyl sites for hydroxylation is 1. The fourth-order valence-electron chi connectivity index (χ4n) is 3.63. The number of hydrogen-bond donors (Lipinski definition) is 1. The number of nitrogens with zero attached hydrogens (tertiary/aromatic N) is 2. The van der Waals surface area contributed by atoms with E-state index in [0.717, 1.165) is 35.5 Å². The zero-order chi connectivity index (χ0) is 22.3. The zero-order valence-electron chi connectivity index (χ0n) is 18.4. The number of methoxy groups -OCH3 is 1. The number of benzene rings is 3. The monoisotopic (exact) mass is 425 g/mol. The summed E-state index contributed by atoms with van der Waals surface area (Å²) in [4.78, 5) is 13.2. The van der Waals surface area contributed by atoms with Crippen molar-refractivity contribution in [2.75, 3.05) is 7.11 Å². The first kappa shape index (κ1) is 21.4. The van der Waals surface area contributed by atoms with Gasteiger partial charge in [-0.05, 0) is 55.7 Å². The molecule has 32 heavy (non-hydrogen) atoms. The number of rotatable bonds is 8. The molecule has 0 fully saturated rings. The minimum absolute atomic E-state index is 0.0297. The molecule has 4 rings (SSSR count). The molecule has 5 heteroatoms. The van der Waals surface area contributed by atoms with Crippen LogP contribution in [0.25, 0.3) is 16.9 Å². The second-order valence-corrected chi connectivity index (χ2v) is 7.79. The number of nitrogens with one attached hydrogen (secondary N) is 1. The number of amides is 1. The van der Waals surface area contributed by atoms with E-state index in [1.54, 1.807) is 11.8 Å². The molecular formula is C27H27N3O2. The normalized spacial score (nSPS) is 11.7. The Morgan fingerprint density at radius 2 is 1.69 bits per heavy atom. The van der Waals surface area contributed by atoms with Crippen LogP contribution in [0.2, 0.25) is 0 Å². The molecule has 1 amide bonds. The van der Waals surface area contributed by atoms with Gasteiger partial charge in [0.05, 0.1) is 18.5 Å². The second kappa shape index (κ2) is 9.96. The Morgan fingerprint density at radius 1 is 0.969 bits per heavy atom. The fourth-order valence-corrected chi connectivity index (χ4v) is 3.63. The first-order chi connectivity index (χ1) is 15.6. The molecule has 5 nitrogen and oxygen atoms in total. The molecule has 0 aliphatic rings. The lowest BCUT2D eigenvalue weighted by molar-refractivity contribution is 0.0930. The Morgan fingerprint density at radius 3 is 2.41 bits per heavy atom. The van der Waals surface area contributed by atoms with E-state index in [2.05, 4.69) is 17.4 Å². The average Bonchev–Trinajstić information content (AvgIpc) is 3.30. The van der Waals surface area contributed by atoms with Crippen molar-refractivity contribution < 1.29 is 9.53 Å². The van der Waals surface area contributed by atoms with Gasteiger partial charge in [-0.1, -0.05) is 60.7 Å². The van der Waals surface area contributed by atoms with E-state index < -0.39 is 0 Å². The Labute approximate surface area is 188 Å². The summed E-state index contributed by atoms with van der Waals surface area (Å²) in [6, 6.07) is 29.6. The third kappa shape index (κ3) is 5.06. The highest BCUT2D eigenvalue weighted by Gasteiger charge is 2.19. The van der Waals surface area contributed by atoms with Gasteiger partial charge in [0, 0.05) is 11.6 Å². The van der Waals surface area contributed by atoms with Gasteiger partial charge in [0.2, 0.25) is 0 Å². The number of aromatic nitrogens is 2. The smallest absolute Gasteiger partial charge is 0.270 e. The van der Waals surface area contributed by atoms with E-state index >= 15 is 0 Å². The van der Waals surface area contributed by atoms with Crippen molar-refractivity contribution in [3.8, 4) is 22.7 Å². The van der Waals surface area contributed by atoms with E-state index in [4.69, 9.17) is 9.84 Å². The van der Waals surface area contributed by atoms with E-state index in [0.29, 0.717) is 5.69 Å². The van der Waals surface area contributed by atoms with Crippen molar-refractivity contribution in [2.24, 2.45) is 0 Å². The van der Waals surface area contributed by atoms with Crippen LogP contribution in [0.5, 0.6) is 5.75 Å². The third-order valence-electron chi connectivity index (χ3n) is 5.39. The van der Waals surface area contributed by atoms with Gasteiger partial charge in [0.15, 0.2) is 0 Å². The number of carbonyl (C=O) groups is 1. The van der Waals surface area contributed by atoms with Crippen LogP contribution >= 0.6 is 0 Å². The molecule has 0 radical (unpaired) electrons. The number of carbonyl (C=O) groups excluding carboxylic acids is 1. The summed E-state index contributed by atoms with van der Waals surface area (Å²) in [5.41, 5.74) is 4.22. The Kier molecular flexibility index (Phi) is 6.66. The van der Waals surface area contributed by atoms with Crippen molar-refractivity contribution in [3.63, 3.8) is 0 Å². The Bertz CT molecular complexity index is 1170. The lowest BCUT2D eigenvalue weighted by Crippen LogP contribution is -2.34. The molecule has 0 saturated heterocycles. The average molecular weight is 426 g/mol. The highest BCUT2D eigenvalue weighted by molar-refractivity contribution is 5.94. The van der Waals surface area contributed by atoms with Crippen LogP contribution in [0.15, 0.2) is 91.0 Å². The molecular weight excluding hydrogens is 398 g/mol. The van der Waals surface area contributed by atoms with Crippen LogP contribution in [-0.2, 0) is 6.42 Å². The van der Waals surface area contributed by atoms with Gasteiger partial charge in [0.25, 0.3) is 5.91 Å². The molecule has 3 aromatic carbocycles. The van der Waals surface area contributed by atoms with Crippen LogP contribution in [0.3, 0.4) is 0 Å². The van der Waals surface area contributed by atoms with Gasteiger partial charge in [-0.2, -0.15) is 5.10 Å². The largest absolute Gasteiger partial charge is 0.497 e. The minimum Gasteiger partial charge on any atom is -0.497 e. The maximum atomic E-state index is 13.2. The summed E-state index contributed by atoms with van der Waals surface area (Å²) in [5.74, 6) is 0.605. The lowest BCUT2D eigenvalue weighted by Gasteiger charge is -2.14. The van der Waals surface area contributed by atoms with Crippen molar-refractivity contribution in [1.29, 1.82) is 0 Å². The van der Waals surface area contributed by atoms with Crippen LogP contribution in [-0.4, -0.2) is 28.8 Å².